The van der Waals surface area contributed by atoms with Gasteiger partial charge < -0.3 is 10.6 Å². The second-order valence-corrected chi connectivity index (χ2v) is 6.99. The summed E-state index contributed by atoms with van der Waals surface area (Å²) in [5, 5.41) is 4.48. The van der Waals surface area contributed by atoms with Crippen molar-refractivity contribution in [2.75, 3.05) is 19.6 Å². The molecule has 0 saturated carbocycles. The maximum Gasteiger partial charge on any atom is 0.257 e. The highest BCUT2D eigenvalue weighted by Gasteiger charge is 2.36. The molecule has 2 aromatic rings. The van der Waals surface area contributed by atoms with E-state index in [0.29, 0.717) is 13.1 Å². The van der Waals surface area contributed by atoms with E-state index in [1.807, 2.05) is 27.8 Å². The zero-order chi connectivity index (χ0) is 17.2. The molecule has 1 atom stereocenters. The fraction of sp³-hybridized carbons (Fsp3) is 0.474. The third-order valence-corrected chi connectivity index (χ3v) is 5.03. The van der Waals surface area contributed by atoms with Crippen LogP contribution in [-0.4, -0.2) is 40.2 Å². The monoisotopic (exact) mass is 326 g/mol. The Morgan fingerprint density at radius 2 is 2.08 bits per heavy atom. The SMILES string of the molecule is CCc1c(C(=O)N2CCC(C)(CN)C2)cnn1Cc1ccccc1. The van der Waals surface area contributed by atoms with Crippen LogP contribution in [0.4, 0.5) is 0 Å². The second-order valence-electron chi connectivity index (χ2n) is 6.99. The minimum absolute atomic E-state index is 0.0437. The molecule has 0 spiro atoms. The summed E-state index contributed by atoms with van der Waals surface area (Å²) < 4.78 is 1.95. The number of hydrogen-bond donors (Lipinski definition) is 1. The number of amides is 1. The molecule has 1 amide bonds. The number of benzene rings is 1. The van der Waals surface area contributed by atoms with E-state index in [2.05, 4.69) is 31.1 Å². The molecule has 24 heavy (non-hydrogen) atoms. The van der Waals surface area contributed by atoms with E-state index < -0.39 is 0 Å². The number of carbonyl (C=O) groups is 1. The minimum Gasteiger partial charge on any atom is -0.338 e. The van der Waals surface area contributed by atoms with Crippen molar-refractivity contribution in [1.29, 1.82) is 0 Å². The fourth-order valence-corrected chi connectivity index (χ4v) is 3.39. The van der Waals surface area contributed by atoms with Gasteiger partial charge in [-0.15, -0.1) is 0 Å². The molecule has 1 aliphatic heterocycles. The molecule has 1 unspecified atom stereocenters. The van der Waals surface area contributed by atoms with Crippen molar-refractivity contribution in [3.05, 3.63) is 53.3 Å². The number of nitrogens with zero attached hydrogens (tertiary/aromatic N) is 3. The van der Waals surface area contributed by atoms with Crippen molar-refractivity contribution in [3.8, 4) is 0 Å². The smallest absolute Gasteiger partial charge is 0.257 e. The first kappa shape index (κ1) is 16.7. The standard InChI is InChI=1S/C19H26N4O/c1-3-17-16(18(24)22-10-9-19(2,13-20)14-22)11-21-23(17)12-15-7-5-4-6-8-15/h4-8,11H,3,9-10,12-14,20H2,1-2H3. The molecule has 1 aliphatic rings. The molecule has 1 aromatic heterocycles. The number of rotatable bonds is 5. The third kappa shape index (κ3) is 3.22. The van der Waals surface area contributed by atoms with Gasteiger partial charge in [-0.3, -0.25) is 9.48 Å². The molecule has 1 saturated heterocycles. The highest BCUT2D eigenvalue weighted by atomic mass is 16.2. The Bertz CT molecular complexity index is 709. The highest BCUT2D eigenvalue weighted by Crippen LogP contribution is 2.30. The van der Waals surface area contributed by atoms with Crippen LogP contribution < -0.4 is 5.73 Å². The fourth-order valence-electron chi connectivity index (χ4n) is 3.39. The zero-order valence-electron chi connectivity index (χ0n) is 14.5. The lowest BCUT2D eigenvalue weighted by atomic mass is 9.90. The van der Waals surface area contributed by atoms with Crippen LogP contribution in [0.15, 0.2) is 36.5 Å². The Morgan fingerprint density at radius 3 is 2.71 bits per heavy atom. The number of likely N-dealkylation sites (tertiary alicyclic amines) is 1. The lowest BCUT2D eigenvalue weighted by Crippen LogP contribution is -2.34. The van der Waals surface area contributed by atoms with Gasteiger partial charge in [0.15, 0.2) is 0 Å². The van der Waals surface area contributed by atoms with E-state index in [-0.39, 0.29) is 11.3 Å². The van der Waals surface area contributed by atoms with Gasteiger partial charge in [-0.05, 0) is 30.4 Å². The first-order valence-corrected chi connectivity index (χ1v) is 8.64. The number of nitrogens with two attached hydrogens (primary N) is 1. The molecule has 2 heterocycles. The quantitative estimate of drug-likeness (QED) is 0.917. The number of carbonyl (C=O) groups excluding carboxylic acids is 1. The van der Waals surface area contributed by atoms with Crippen LogP contribution in [-0.2, 0) is 13.0 Å². The van der Waals surface area contributed by atoms with Gasteiger partial charge in [0.2, 0.25) is 0 Å². The summed E-state index contributed by atoms with van der Waals surface area (Å²) in [4.78, 5) is 14.9. The Labute approximate surface area is 143 Å². The molecule has 0 aliphatic carbocycles. The third-order valence-electron chi connectivity index (χ3n) is 5.03. The first-order valence-electron chi connectivity index (χ1n) is 8.64. The lowest BCUT2D eigenvalue weighted by molar-refractivity contribution is 0.0775. The summed E-state index contributed by atoms with van der Waals surface area (Å²) in [5.74, 6) is 0.0864. The van der Waals surface area contributed by atoms with Gasteiger partial charge in [0, 0.05) is 13.1 Å². The largest absolute Gasteiger partial charge is 0.338 e. The normalized spacial score (nSPS) is 20.5. The van der Waals surface area contributed by atoms with E-state index in [1.54, 1.807) is 6.20 Å². The number of hydrogen-bond acceptors (Lipinski definition) is 3. The van der Waals surface area contributed by atoms with Crippen LogP contribution in [0, 0.1) is 5.41 Å². The van der Waals surface area contributed by atoms with Gasteiger partial charge in [-0.2, -0.15) is 5.10 Å². The molecule has 1 aromatic carbocycles. The van der Waals surface area contributed by atoms with E-state index in [9.17, 15) is 4.79 Å². The van der Waals surface area contributed by atoms with E-state index >= 15 is 0 Å². The van der Waals surface area contributed by atoms with Gasteiger partial charge in [0.25, 0.3) is 5.91 Å². The average Bonchev–Trinajstić information content (AvgIpc) is 3.19. The van der Waals surface area contributed by atoms with Crippen LogP contribution in [0.1, 0.15) is 41.9 Å². The maximum absolute atomic E-state index is 12.9. The number of aromatic nitrogens is 2. The van der Waals surface area contributed by atoms with Crippen molar-refractivity contribution < 1.29 is 4.79 Å². The second kappa shape index (κ2) is 6.77. The van der Waals surface area contributed by atoms with Crippen LogP contribution >= 0.6 is 0 Å². The van der Waals surface area contributed by atoms with Crippen LogP contribution in [0.5, 0.6) is 0 Å². The van der Waals surface area contributed by atoms with Gasteiger partial charge in [0.05, 0.1) is 24.0 Å². The lowest BCUT2D eigenvalue weighted by Gasteiger charge is -2.22. The van der Waals surface area contributed by atoms with Crippen molar-refractivity contribution in [2.45, 2.75) is 33.2 Å². The van der Waals surface area contributed by atoms with Crippen molar-refractivity contribution in [3.63, 3.8) is 0 Å². The molecular formula is C19H26N4O. The first-order chi connectivity index (χ1) is 11.6. The van der Waals surface area contributed by atoms with Crippen LogP contribution in [0.3, 0.4) is 0 Å². The predicted molar refractivity (Wildman–Crippen MR) is 94.8 cm³/mol. The van der Waals surface area contributed by atoms with Gasteiger partial charge in [0.1, 0.15) is 0 Å². The summed E-state index contributed by atoms with van der Waals surface area (Å²) in [7, 11) is 0. The molecule has 5 heteroatoms. The van der Waals surface area contributed by atoms with Gasteiger partial charge in [-0.25, -0.2) is 0 Å². The molecule has 128 valence electrons. The Hall–Kier alpha value is -2.14. The molecule has 0 radical (unpaired) electrons. The summed E-state index contributed by atoms with van der Waals surface area (Å²) in [6.45, 7) is 7.04. The van der Waals surface area contributed by atoms with Crippen LogP contribution in [0.25, 0.3) is 0 Å². The zero-order valence-corrected chi connectivity index (χ0v) is 14.5. The van der Waals surface area contributed by atoms with Crippen molar-refractivity contribution in [2.24, 2.45) is 11.1 Å². The summed E-state index contributed by atoms with van der Waals surface area (Å²) >= 11 is 0. The van der Waals surface area contributed by atoms with Crippen molar-refractivity contribution >= 4 is 5.91 Å². The van der Waals surface area contributed by atoms with E-state index in [1.165, 1.54) is 5.56 Å². The topological polar surface area (TPSA) is 64.2 Å². The summed E-state index contributed by atoms with van der Waals surface area (Å²) in [6.07, 6.45) is 3.48. The minimum atomic E-state index is 0.0437. The molecular weight excluding hydrogens is 300 g/mol. The Balaban J connectivity index is 1.80. The van der Waals surface area contributed by atoms with Crippen LogP contribution in [0.2, 0.25) is 0 Å². The highest BCUT2D eigenvalue weighted by molar-refractivity contribution is 5.95. The Kier molecular flexibility index (Phi) is 4.71. The molecule has 1 fully saturated rings. The summed E-state index contributed by atoms with van der Waals surface area (Å²) in [6, 6.07) is 10.2. The van der Waals surface area contributed by atoms with E-state index in [4.69, 9.17) is 5.73 Å². The maximum atomic E-state index is 12.9. The van der Waals surface area contributed by atoms with Gasteiger partial charge >= 0.3 is 0 Å². The predicted octanol–water partition coefficient (Wildman–Crippen LogP) is 2.30. The molecule has 3 rings (SSSR count). The van der Waals surface area contributed by atoms with Gasteiger partial charge in [-0.1, -0.05) is 44.2 Å². The van der Waals surface area contributed by atoms with Crippen molar-refractivity contribution in [1.82, 2.24) is 14.7 Å². The molecule has 5 nitrogen and oxygen atoms in total. The average molecular weight is 326 g/mol. The Morgan fingerprint density at radius 1 is 1.33 bits per heavy atom. The van der Waals surface area contributed by atoms with E-state index in [0.717, 1.165) is 37.2 Å². The summed E-state index contributed by atoms with van der Waals surface area (Å²) in [5.41, 5.74) is 8.83. The molecule has 2 N–H and O–H groups in total. The molecule has 0 bridgehead atoms.